The molecule has 1 N–H and O–H groups in total. The number of anilines is 1. The molecule has 2 amide bonds. The van der Waals surface area contributed by atoms with Gasteiger partial charge in [0.25, 0.3) is 0 Å². The number of nitrogens with one attached hydrogen (secondary N) is 1. The second-order valence-corrected chi connectivity index (χ2v) is 7.52. The smallest absolute Gasteiger partial charge is 0.236 e. The van der Waals surface area contributed by atoms with Crippen LogP contribution in [0.25, 0.3) is 0 Å². The Morgan fingerprint density at radius 3 is 2.43 bits per heavy atom. The highest BCUT2D eigenvalue weighted by Crippen LogP contribution is 2.21. The van der Waals surface area contributed by atoms with Gasteiger partial charge in [-0.1, -0.05) is 48.5 Å². The van der Waals surface area contributed by atoms with E-state index in [0.717, 1.165) is 30.6 Å². The molecule has 148 valence electrons. The number of piperidine rings is 1. The molecule has 2 atom stereocenters. The van der Waals surface area contributed by atoms with Gasteiger partial charge in [0, 0.05) is 19.3 Å². The molecule has 2 unspecified atom stereocenters. The lowest BCUT2D eigenvalue weighted by Crippen LogP contribution is -2.46. The van der Waals surface area contributed by atoms with E-state index in [0.29, 0.717) is 13.1 Å². The van der Waals surface area contributed by atoms with Crippen LogP contribution in [0.15, 0.2) is 60.7 Å². The Hall–Kier alpha value is -2.66. The number of benzene rings is 2. The van der Waals surface area contributed by atoms with E-state index in [1.807, 2.05) is 74.6 Å². The van der Waals surface area contributed by atoms with Crippen LogP contribution in [0.5, 0.6) is 0 Å². The van der Waals surface area contributed by atoms with E-state index in [9.17, 15) is 9.59 Å². The molecule has 3 rings (SSSR count). The third-order valence-electron chi connectivity index (χ3n) is 5.53. The largest absolute Gasteiger partial charge is 0.338 e. The van der Waals surface area contributed by atoms with Gasteiger partial charge in [0.05, 0.1) is 18.5 Å². The second-order valence-electron chi connectivity index (χ2n) is 7.52. The van der Waals surface area contributed by atoms with Crippen LogP contribution in [0.2, 0.25) is 0 Å². The van der Waals surface area contributed by atoms with Gasteiger partial charge in [0.1, 0.15) is 0 Å². The summed E-state index contributed by atoms with van der Waals surface area (Å²) in [5.41, 5.74) is 1.94. The molecule has 0 spiro atoms. The Labute approximate surface area is 167 Å². The van der Waals surface area contributed by atoms with Gasteiger partial charge in [-0.2, -0.15) is 0 Å². The number of rotatable bonds is 6. The van der Waals surface area contributed by atoms with Crippen LogP contribution in [-0.2, 0) is 9.59 Å². The molecule has 0 aliphatic carbocycles. The molecular weight excluding hydrogens is 350 g/mol. The first kappa shape index (κ1) is 20.1. The highest BCUT2D eigenvalue weighted by Gasteiger charge is 2.28. The number of amides is 2. The van der Waals surface area contributed by atoms with E-state index >= 15 is 0 Å². The van der Waals surface area contributed by atoms with E-state index in [4.69, 9.17) is 0 Å². The molecule has 0 aromatic heterocycles. The van der Waals surface area contributed by atoms with Gasteiger partial charge in [-0.25, -0.2) is 0 Å². The average Bonchev–Trinajstić information content (AvgIpc) is 2.74. The minimum Gasteiger partial charge on any atom is -0.338 e. The number of hydrogen-bond donors (Lipinski definition) is 1. The Kier molecular flexibility index (Phi) is 6.82. The van der Waals surface area contributed by atoms with Gasteiger partial charge in [-0.15, -0.1) is 0 Å². The van der Waals surface area contributed by atoms with Gasteiger partial charge < -0.3 is 10.2 Å². The summed E-state index contributed by atoms with van der Waals surface area (Å²) in [7, 11) is 1.85. The van der Waals surface area contributed by atoms with E-state index in [2.05, 4.69) is 10.2 Å². The van der Waals surface area contributed by atoms with Crippen LogP contribution < -0.4 is 5.32 Å². The zero-order chi connectivity index (χ0) is 19.9. The predicted octanol–water partition coefficient (Wildman–Crippen LogP) is 3.56. The minimum absolute atomic E-state index is 0.0238. The van der Waals surface area contributed by atoms with Gasteiger partial charge in [0.2, 0.25) is 11.8 Å². The Morgan fingerprint density at radius 2 is 1.75 bits per heavy atom. The first-order chi connectivity index (χ1) is 13.5. The molecule has 28 heavy (non-hydrogen) atoms. The summed E-state index contributed by atoms with van der Waals surface area (Å²) in [6.45, 7) is 3.87. The van der Waals surface area contributed by atoms with Crippen molar-refractivity contribution in [2.75, 3.05) is 32.0 Å². The standard InChI is InChI=1S/C23H29N3O2/c1-18(19-10-5-3-6-11-19)25(2)22(27)17-26-15-9-12-20(16-26)23(28)24-21-13-7-4-8-14-21/h3-8,10-11,13-14,18,20H,9,12,15-17H2,1-2H3,(H,24,28). The summed E-state index contributed by atoms with van der Waals surface area (Å²) >= 11 is 0. The third-order valence-corrected chi connectivity index (χ3v) is 5.53. The molecule has 1 heterocycles. The number of nitrogens with zero attached hydrogens (tertiary/aromatic N) is 2. The normalized spacial score (nSPS) is 18.3. The van der Waals surface area contributed by atoms with Crippen molar-refractivity contribution >= 4 is 17.5 Å². The van der Waals surface area contributed by atoms with Crippen molar-refractivity contribution in [1.82, 2.24) is 9.80 Å². The van der Waals surface area contributed by atoms with Crippen molar-refractivity contribution in [3.8, 4) is 0 Å². The topological polar surface area (TPSA) is 52.7 Å². The van der Waals surface area contributed by atoms with Crippen molar-refractivity contribution < 1.29 is 9.59 Å². The molecule has 2 aromatic rings. The predicted molar refractivity (Wildman–Crippen MR) is 112 cm³/mol. The van der Waals surface area contributed by atoms with E-state index in [-0.39, 0.29) is 23.8 Å². The molecular formula is C23H29N3O2. The number of likely N-dealkylation sites (N-methyl/N-ethyl adjacent to an activating group) is 1. The van der Waals surface area contributed by atoms with Crippen molar-refractivity contribution in [3.63, 3.8) is 0 Å². The van der Waals surface area contributed by atoms with Crippen molar-refractivity contribution in [2.45, 2.75) is 25.8 Å². The van der Waals surface area contributed by atoms with Gasteiger partial charge in [-0.3, -0.25) is 14.5 Å². The summed E-state index contributed by atoms with van der Waals surface area (Å²) < 4.78 is 0. The lowest BCUT2D eigenvalue weighted by atomic mass is 9.97. The van der Waals surface area contributed by atoms with Crippen molar-refractivity contribution in [2.24, 2.45) is 5.92 Å². The summed E-state index contributed by atoms with van der Waals surface area (Å²) in [6, 6.07) is 19.6. The Morgan fingerprint density at radius 1 is 1.11 bits per heavy atom. The van der Waals surface area contributed by atoms with Crippen molar-refractivity contribution in [1.29, 1.82) is 0 Å². The Balaban J connectivity index is 1.54. The monoisotopic (exact) mass is 379 g/mol. The van der Waals surface area contributed by atoms with Crippen molar-refractivity contribution in [3.05, 3.63) is 66.2 Å². The maximum atomic E-state index is 12.8. The van der Waals surface area contributed by atoms with E-state index in [1.165, 1.54) is 0 Å². The molecule has 5 heteroatoms. The maximum absolute atomic E-state index is 12.8. The number of para-hydroxylation sites is 1. The fourth-order valence-electron chi connectivity index (χ4n) is 3.65. The SMILES string of the molecule is CC(c1ccccc1)N(C)C(=O)CN1CCCC(C(=O)Nc2ccccc2)C1. The molecule has 1 aliphatic heterocycles. The number of hydrogen-bond acceptors (Lipinski definition) is 3. The zero-order valence-corrected chi connectivity index (χ0v) is 16.7. The molecule has 5 nitrogen and oxygen atoms in total. The summed E-state index contributed by atoms with van der Waals surface area (Å²) in [5, 5.41) is 2.99. The summed E-state index contributed by atoms with van der Waals surface area (Å²) in [4.78, 5) is 29.3. The molecule has 2 aromatic carbocycles. The number of likely N-dealkylation sites (tertiary alicyclic amines) is 1. The summed E-state index contributed by atoms with van der Waals surface area (Å²) in [6.07, 6.45) is 1.79. The zero-order valence-electron chi connectivity index (χ0n) is 16.7. The van der Waals surface area contributed by atoms with E-state index < -0.39 is 0 Å². The fraction of sp³-hybridized carbons (Fsp3) is 0.391. The van der Waals surface area contributed by atoms with Crippen LogP contribution in [0.4, 0.5) is 5.69 Å². The molecule has 0 saturated carbocycles. The van der Waals surface area contributed by atoms with Gasteiger partial charge >= 0.3 is 0 Å². The fourth-order valence-corrected chi connectivity index (χ4v) is 3.65. The van der Waals surface area contributed by atoms with Crippen LogP contribution in [0.3, 0.4) is 0 Å². The highest BCUT2D eigenvalue weighted by atomic mass is 16.2. The lowest BCUT2D eigenvalue weighted by Gasteiger charge is -2.33. The summed E-state index contributed by atoms with van der Waals surface area (Å²) in [5.74, 6) is 0.0356. The molecule has 1 aliphatic rings. The highest BCUT2D eigenvalue weighted by molar-refractivity contribution is 5.92. The lowest BCUT2D eigenvalue weighted by molar-refractivity contribution is -0.134. The molecule has 0 bridgehead atoms. The van der Waals surface area contributed by atoms with Crippen LogP contribution in [0.1, 0.15) is 31.4 Å². The first-order valence-corrected chi connectivity index (χ1v) is 9.93. The number of carbonyl (C=O) groups is 2. The quantitative estimate of drug-likeness (QED) is 0.835. The Bertz CT molecular complexity index is 779. The van der Waals surface area contributed by atoms with Gasteiger partial charge in [0.15, 0.2) is 0 Å². The molecule has 0 radical (unpaired) electrons. The van der Waals surface area contributed by atoms with Crippen LogP contribution >= 0.6 is 0 Å². The van der Waals surface area contributed by atoms with Crippen LogP contribution in [-0.4, -0.2) is 48.3 Å². The molecule has 1 saturated heterocycles. The average molecular weight is 380 g/mol. The minimum atomic E-state index is -0.0846. The first-order valence-electron chi connectivity index (χ1n) is 9.93. The number of carbonyl (C=O) groups excluding carboxylic acids is 2. The maximum Gasteiger partial charge on any atom is 0.236 e. The second kappa shape index (κ2) is 9.51. The van der Waals surface area contributed by atoms with E-state index in [1.54, 1.807) is 4.90 Å². The third kappa shape index (κ3) is 5.20. The molecule has 1 fully saturated rings. The van der Waals surface area contributed by atoms with Crippen LogP contribution in [0, 0.1) is 5.92 Å². The van der Waals surface area contributed by atoms with Gasteiger partial charge in [-0.05, 0) is 44.0 Å².